The van der Waals surface area contributed by atoms with Crippen LogP contribution in [0.2, 0.25) is 0 Å². The van der Waals surface area contributed by atoms with E-state index in [9.17, 15) is 4.79 Å². The number of rotatable bonds is 3. The van der Waals surface area contributed by atoms with Crippen LogP contribution in [0, 0.1) is 0 Å². The minimum Gasteiger partial charge on any atom is -0.397 e. The fourth-order valence-corrected chi connectivity index (χ4v) is 2.58. The Kier molecular flexibility index (Phi) is 3.34. The van der Waals surface area contributed by atoms with Crippen LogP contribution in [0.5, 0.6) is 0 Å². The van der Waals surface area contributed by atoms with Gasteiger partial charge < -0.3 is 10.3 Å². The van der Waals surface area contributed by atoms with Crippen LogP contribution >= 0.6 is 11.8 Å². The molecule has 0 bridgehead atoms. The second-order valence-electron chi connectivity index (χ2n) is 4.53. The predicted octanol–water partition coefficient (Wildman–Crippen LogP) is 1.90. The molecule has 0 fully saturated rings. The maximum atomic E-state index is 12.5. The number of thioether (sulfide) groups is 1. The lowest BCUT2D eigenvalue weighted by Gasteiger charge is -2.04. The van der Waals surface area contributed by atoms with Crippen molar-refractivity contribution in [2.24, 2.45) is 7.05 Å². The molecule has 0 aliphatic heterocycles. The number of nitrogen functional groups attached to an aromatic ring is 1. The summed E-state index contributed by atoms with van der Waals surface area (Å²) in [7, 11) is 1.88. The summed E-state index contributed by atoms with van der Waals surface area (Å²) in [6, 6.07) is 5.16. The van der Waals surface area contributed by atoms with E-state index in [0.29, 0.717) is 5.69 Å². The Morgan fingerprint density at radius 1 is 1.29 bits per heavy atom. The number of nitrogens with two attached hydrogens (primary N) is 1. The number of fused-ring (bicyclic) bond motifs is 1. The first-order valence-corrected chi connectivity index (χ1v) is 7.46. The lowest BCUT2D eigenvalue weighted by Crippen LogP contribution is -2.10. The third-order valence-electron chi connectivity index (χ3n) is 3.10. The molecular formula is C14H13N5OS. The summed E-state index contributed by atoms with van der Waals surface area (Å²) in [5, 5.41) is 1.71. The summed E-state index contributed by atoms with van der Waals surface area (Å²) in [4.78, 5) is 25.2. The molecule has 0 saturated carbocycles. The van der Waals surface area contributed by atoms with Crippen molar-refractivity contribution in [3.05, 3.63) is 42.1 Å². The van der Waals surface area contributed by atoms with Gasteiger partial charge in [-0.2, -0.15) is 0 Å². The molecular weight excluding hydrogens is 286 g/mol. The van der Waals surface area contributed by atoms with Gasteiger partial charge in [0.25, 0.3) is 0 Å². The lowest BCUT2D eigenvalue weighted by molar-refractivity contribution is 0.102. The molecule has 0 aliphatic rings. The van der Waals surface area contributed by atoms with Crippen molar-refractivity contribution >= 4 is 34.3 Å². The van der Waals surface area contributed by atoms with Crippen molar-refractivity contribution in [3.63, 3.8) is 0 Å². The van der Waals surface area contributed by atoms with Gasteiger partial charge >= 0.3 is 0 Å². The number of hydrogen-bond acceptors (Lipinski definition) is 6. The first kappa shape index (κ1) is 13.6. The number of aromatic nitrogens is 4. The van der Waals surface area contributed by atoms with E-state index in [1.165, 1.54) is 18.0 Å². The molecule has 0 saturated heterocycles. The van der Waals surface area contributed by atoms with Gasteiger partial charge in [0, 0.05) is 13.2 Å². The summed E-state index contributed by atoms with van der Waals surface area (Å²) < 4.78 is 1.87. The summed E-state index contributed by atoms with van der Waals surface area (Å²) in [5.74, 6) is -0.167. The van der Waals surface area contributed by atoms with E-state index in [1.807, 2.05) is 30.1 Å². The number of carbonyl (C=O) groups is 1. The maximum Gasteiger partial charge on any atom is 0.248 e. The van der Waals surface area contributed by atoms with E-state index in [2.05, 4.69) is 15.0 Å². The Balaban J connectivity index is 2.13. The van der Waals surface area contributed by atoms with Gasteiger partial charge in [-0.1, -0.05) is 0 Å². The van der Waals surface area contributed by atoms with E-state index in [-0.39, 0.29) is 17.3 Å². The summed E-state index contributed by atoms with van der Waals surface area (Å²) in [6.45, 7) is 0. The van der Waals surface area contributed by atoms with E-state index in [4.69, 9.17) is 5.73 Å². The van der Waals surface area contributed by atoms with Crippen LogP contribution in [-0.2, 0) is 7.05 Å². The first-order chi connectivity index (χ1) is 10.1. The zero-order chi connectivity index (χ0) is 15.0. The van der Waals surface area contributed by atoms with Gasteiger partial charge in [-0.3, -0.25) is 9.78 Å². The minimum atomic E-state index is -0.312. The third-order valence-corrected chi connectivity index (χ3v) is 3.80. The maximum absolute atomic E-state index is 12.5. The number of pyridine rings is 1. The molecule has 7 heteroatoms. The highest BCUT2D eigenvalue weighted by atomic mass is 32.2. The quantitative estimate of drug-likeness (QED) is 0.451. The third kappa shape index (κ3) is 2.36. The largest absolute Gasteiger partial charge is 0.397 e. The van der Waals surface area contributed by atoms with Crippen LogP contribution < -0.4 is 5.73 Å². The number of anilines is 1. The molecule has 3 aromatic heterocycles. The van der Waals surface area contributed by atoms with Crippen LogP contribution in [-0.4, -0.2) is 31.6 Å². The molecule has 3 heterocycles. The van der Waals surface area contributed by atoms with E-state index < -0.39 is 0 Å². The summed E-state index contributed by atoms with van der Waals surface area (Å²) >= 11 is 1.48. The van der Waals surface area contributed by atoms with Crippen LogP contribution in [0.25, 0.3) is 11.0 Å². The van der Waals surface area contributed by atoms with Crippen molar-refractivity contribution < 1.29 is 4.79 Å². The van der Waals surface area contributed by atoms with Gasteiger partial charge in [0.2, 0.25) is 11.6 Å². The molecule has 3 aromatic rings. The van der Waals surface area contributed by atoms with Crippen molar-refractivity contribution in [2.75, 3.05) is 12.0 Å². The Morgan fingerprint density at radius 3 is 2.76 bits per heavy atom. The number of ketones is 1. The normalized spacial score (nSPS) is 11.0. The number of aryl methyl sites for hydroxylation is 1. The molecule has 3 rings (SSSR count). The van der Waals surface area contributed by atoms with Gasteiger partial charge in [0.05, 0.1) is 17.3 Å². The number of carbonyl (C=O) groups excluding carboxylic acids is 1. The van der Waals surface area contributed by atoms with Crippen molar-refractivity contribution in [1.82, 2.24) is 19.5 Å². The molecule has 21 heavy (non-hydrogen) atoms. The molecule has 106 valence electrons. The average molecular weight is 299 g/mol. The van der Waals surface area contributed by atoms with Gasteiger partial charge in [-0.25, -0.2) is 9.97 Å². The van der Waals surface area contributed by atoms with E-state index in [0.717, 1.165) is 16.1 Å². The van der Waals surface area contributed by atoms with Gasteiger partial charge in [-0.15, -0.1) is 11.8 Å². The van der Waals surface area contributed by atoms with E-state index in [1.54, 1.807) is 12.1 Å². The van der Waals surface area contributed by atoms with Crippen LogP contribution in [0.3, 0.4) is 0 Å². The Morgan fingerprint density at radius 2 is 2.10 bits per heavy atom. The van der Waals surface area contributed by atoms with Gasteiger partial charge in [0.1, 0.15) is 16.4 Å². The minimum absolute atomic E-state index is 0.144. The van der Waals surface area contributed by atoms with Crippen LogP contribution in [0.1, 0.15) is 16.3 Å². The zero-order valence-electron chi connectivity index (χ0n) is 11.6. The second-order valence-corrected chi connectivity index (χ2v) is 5.32. The molecule has 0 radical (unpaired) electrons. The highest BCUT2D eigenvalue weighted by molar-refractivity contribution is 7.98. The van der Waals surface area contributed by atoms with Crippen LogP contribution in [0.15, 0.2) is 35.6 Å². The fourth-order valence-electron chi connectivity index (χ4n) is 2.02. The van der Waals surface area contributed by atoms with Gasteiger partial charge in [-0.05, 0) is 24.5 Å². The smallest absolute Gasteiger partial charge is 0.248 e. The summed E-state index contributed by atoms with van der Waals surface area (Å²) in [6.07, 6.45) is 5.27. The van der Waals surface area contributed by atoms with Crippen molar-refractivity contribution in [1.29, 1.82) is 0 Å². The molecule has 0 spiro atoms. The molecule has 0 amide bonds. The second kappa shape index (κ2) is 5.17. The average Bonchev–Trinajstić information content (AvgIpc) is 2.88. The first-order valence-electron chi connectivity index (χ1n) is 6.23. The Bertz CT molecular complexity index is 825. The SMILES string of the molecule is CSc1nc(C(=O)c2ccc(N)cn2)nc2c1ccn2C. The molecule has 0 atom stereocenters. The highest BCUT2D eigenvalue weighted by Crippen LogP contribution is 2.24. The number of nitrogens with zero attached hydrogens (tertiary/aromatic N) is 4. The molecule has 0 unspecified atom stereocenters. The molecule has 0 aromatic carbocycles. The van der Waals surface area contributed by atoms with Gasteiger partial charge in [0.15, 0.2) is 0 Å². The van der Waals surface area contributed by atoms with E-state index >= 15 is 0 Å². The highest BCUT2D eigenvalue weighted by Gasteiger charge is 2.18. The predicted molar refractivity (Wildman–Crippen MR) is 82.4 cm³/mol. The monoisotopic (exact) mass is 299 g/mol. The topological polar surface area (TPSA) is 86.7 Å². The molecule has 0 aliphatic carbocycles. The van der Waals surface area contributed by atoms with Crippen molar-refractivity contribution in [3.8, 4) is 0 Å². The standard InChI is InChI=1S/C14H13N5OS/c1-19-6-5-9-13(19)17-12(18-14(9)21-2)11(20)10-4-3-8(15)7-16-10/h3-7H,15H2,1-2H3. The Labute approximate surface area is 125 Å². The Hall–Kier alpha value is -2.41. The van der Waals surface area contributed by atoms with Crippen molar-refractivity contribution in [2.45, 2.75) is 5.03 Å². The number of hydrogen-bond donors (Lipinski definition) is 1. The summed E-state index contributed by atoms with van der Waals surface area (Å²) in [5.41, 5.74) is 7.10. The van der Waals surface area contributed by atoms with Crippen LogP contribution in [0.4, 0.5) is 5.69 Å². The zero-order valence-corrected chi connectivity index (χ0v) is 12.4. The molecule has 2 N–H and O–H groups in total. The molecule has 6 nitrogen and oxygen atoms in total. The fraction of sp³-hybridized carbons (Fsp3) is 0.143. The lowest BCUT2D eigenvalue weighted by atomic mass is 10.2.